The van der Waals surface area contributed by atoms with Crippen LogP contribution >= 0.6 is 11.6 Å². The maximum atomic E-state index is 8.76. The van der Waals surface area contributed by atoms with E-state index in [0.717, 1.165) is 22.1 Å². The summed E-state index contributed by atoms with van der Waals surface area (Å²) in [5.41, 5.74) is 1.94. The molecule has 22 heavy (non-hydrogen) atoms. The maximum absolute atomic E-state index is 8.76. The Bertz CT molecular complexity index is 686. The van der Waals surface area contributed by atoms with Gasteiger partial charge in [0.1, 0.15) is 5.76 Å². The Kier molecular flexibility index (Phi) is 5.80. The van der Waals surface area contributed by atoms with Gasteiger partial charge in [0.15, 0.2) is 0 Å². The molecule has 1 heterocycles. The minimum absolute atomic E-state index is 0.0605. The van der Waals surface area contributed by atoms with E-state index in [9.17, 15) is 0 Å². The second kappa shape index (κ2) is 7.82. The Hall–Kier alpha value is -2.05. The topological polar surface area (TPSA) is 49.8 Å². The van der Waals surface area contributed by atoms with Crippen molar-refractivity contribution in [2.75, 3.05) is 0 Å². The largest absolute Gasteiger partial charge is 0.444 e. The highest BCUT2D eigenvalue weighted by atomic mass is 35.5. The fourth-order valence-corrected chi connectivity index (χ4v) is 2.32. The van der Waals surface area contributed by atoms with Crippen LogP contribution in [0.4, 0.5) is 0 Å². The van der Waals surface area contributed by atoms with Crippen LogP contribution in [0.5, 0.6) is 0 Å². The van der Waals surface area contributed by atoms with E-state index in [1.165, 1.54) is 0 Å². The van der Waals surface area contributed by atoms with E-state index in [2.05, 4.69) is 11.1 Å². The van der Waals surface area contributed by atoms with E-state index in [1.54, 1.807) is 0 Å². The van der Waals surface area contributed by atoms with Gasteiger partial charge in [0, 0.05) is 17.9 Å². The number of allylic oxidation sites excluding steroid dienone is 8. The van der Waals surface area contributed by atoms with Crippen molar-refractivity contribution in [3.05, 3.63) is 64.4 Å². The smallest absolute Gasteiger partial charge is 0.201 e. The van der Waals surface area contributed by atoms with Crippen LogP contribution in [0.25, 0.3) is 0 Å². The van der Waals surface area contributed by atoms with Crippen LogP contribution in [-0.2, 0) is 12.8 Å². The van der Waals surface area contributed by atoms with Crippen molar-refractivity contribution in [3.63, 3.8) is 0 Å². The lowest BCUT2D eigenvalue weighted by atomic mass is 10.1. The Morgan fingerprint density at radius 1 is 1.55 bits per heavy atom. The zero-order valence-corrected chi connectivity index (χ0v) is 13.6. The van der Waals surface area contributed by atoms with Gasteiger partial charge in [0.2, 0.25) is 5.89 Å². The lowest BCUT2D eigenvalue weighted by Gasteiger charge is -2.00. The summed E-state index contributed by atoms with van der Waals surface area (Å²) >= 11 is 6.03. The van der Waals surface area contributed by atoms with Gasteiger partial charge in [-0.1, -0.05) is 48.9 Å². The van der Waals surface area contributed by atoms with Gasteiger partial charge in [-0.3, -0.25) is 0 Å². The second-order valence-corrected chi connectivity index (χ2v) is 5.60. The van der Waals surface area contributed by atoms with Crippen LogP contribution < -0.4 is 0 Å². The van der Waals surface area contributed by atoms with Gasteiger partial charge < -0.3 is 4.42 Å². The zero-order valence-electron chi connectivity index (χ0n) is 12.8. The summed E-state index contributed by atoms with van der Waals surface area (Å²) < 4.78 is 5.89. The zero-order chi connectivity index (χ0) is 15.9. The van der Waals surface area contributed by atoms with Gasteiger partial charge in [-0.05, 0) is 18.6 Å². The van der Waals surface area contributed by atoms with Crippen molar-refractivity contribution in [2.45, 2.75) is 39.0 Å². The first kappa shape index (κ1) is 16.3. The number of oxazole rings is 1. The van der Waals surface area contributed by atoms with Crippen molar-refractivity contribution in [2.24, 2.45) is 0 Å². The van der Waals surface area contributed by atoms with Crippen molar-refractivity contribution in [1.29, 1.82) is 5.26 Å². The molecule has 0 saturated heterocycles. The molecule has 1 aliphatic carbocycles. The van der Waals surface area contributed by atoms with Gasteiger partial charge >= 0.3 is 0 Å². The van der Waals surface area contributed by atoms with E-state index in [-0.39, 0.29) is 5.92 Å². The molecule has 0 bridgehead atoms. The molecule has 0 aromatic carbocycles. The number of nitriles is 1. The molecule has 1 aromatic rings. The number of fused-ring (bicyclic) bond motifs is 1. The van der Waals surface area contributed by atoms with Gasteiger partial charge in [0.25, 0.3) is 0 Å². The number of rotatable bonds is 4. The molecular weight excluding hydrogens is 296 g/mol. The summed E-state index contributed by atoms with van der Waals surface area (Å²) in [6.07, 6.45) is 13.5. The fraction of sp³-hybridized carbons (Fsp3) is 0.333. The summed E-state index contributed by atoms with van der Waals surface area (Å²) in [5, 5.41) is 9.49. The third kappa shape index (κ3) is 4.22. The first-order chi connectivity index (χ1) is 10.6. The first-order valence-corrected chi connectivity index (χ1v) is 7.72. The molecule has 0 fully saturated rings. The van der Waals surface area contributed by atoms with E-state index in [0.29, 0.717) is 25.2 Å². The Balaban J connectivity index is 2.16. The molecule has 114 valence electrons. The second-order valence-electron chi connectivity index (χ2n) is 5.17. The number of nitrogens with zero attached hydrogens (tertiary/aromatic N) is 2. The van der Waals surface area contributed by atoms with Crippen LogP contribution in [0.15, 0.2) is 51.5 Å². The summed E-state index contributed by atoms with van der Waals surface area (Å²) in [6, 6.07) is 2.15. The summed E-state index contributed by atoms with van der Waals surface area (Å²) in [5.74, 6) is 1.66. The number of hydrogen-bond donors (Lipinski definition) is 0. The van der Waals surface area contributed by atoms with E-state index < -0.39 is 0 Å². The molecule has 0 spiro atoms. The van der Waals surface area contributed by atoms with Crippen molar-refractivity contribution >= 4 is 11.6 Å². The standard InChI is InChI=1S/C18H19ClN2O/c1-3-14(11-12-20)8-7-13(2)18-21-16-10-9-15(19)5-4-6-17(16)22-18/h3-5,7-9,13H,6,10-11H2,1-2H3/b5-4-,8-7-,14-3+,15-9?. The molecule has 0 saturated carbocycles. The highest BCUT2D eigenvalue weighted by Crippen LogP contribution is 2.24. The summed E-state index contributed by atoms with van der Waals surface area (Å²) in [4.78, 5) is 4.60. The third-order valence-corrected chi connectivity index (χ3v) is 3.79. The fourth-order valence-electron chi connectivity index (χ4n) is 2.16. The summed E-state index contributed by atoms with van der Waals surface area (Å²) in [6.45, 7) is 3.97. The molecule has 2 rings (SSSR count). The van der Waals surface area contributed by atoms with Gasteiger partial charge in [0.05, 0.1) is 24.1 Å². The summed E-state index contributed by atoms with van der Waals surface area (Å²) in [7, 11) is 0. The Morgan fingerprint density at radius 2 is 2.36 bits per heavy atom. The molecule has 1 unspecified atom stereocenters. The Labute approximate surface area is 136 Å². The monoisotopic (exact) mass is 314 g/mol. The Morgan fingerprint density at radius 3 is 3.09 bits per heavy atom. The van der Waals surface area contributed by atoms with Gasteiger partial charge in [-0.25, -0.2) is 4.98 Å². The number of hydrogen-bond acceptors (Lipinski definition) is 3. The predicted molar refractivity (Wildman–Crippen MR) is 88.5 cm³/mol. The molecule has 3 nitrogen and oxygen atoms in total. The van der Waals surface area contributed by atoms with E-state index in [1.807, 2.05) is 50.3 Å². The van der Waals surface area contributed by atoms with E-state index in [4.69, 9.17) is 21.3 Å². The molecule has 4 heteroatoms. The maximum Gasteiger partial charge on any atom is 0.201 e. The van der Waals surface area contributed by atoms with Crippen LogP contribution in [0.1, 0.15) is 43.5 Å². The van der Waals surface area contributed by atoms with Crippen molar-refractivity contribution < 1.29 is 4.42 Å². The lowest BCUT2D eigenvalue weighted by molar-refractivity contribution is 0.453. The molecule has 0 amide bonds. The molecule has 0 N–H and O–H groups in total. The van der Waals surface area contributed by atoms with Crippen molar-refractivity contribution in [3.8, 4) is 6.07 Å². The average Bonchev–Trinajstić information content (AvgIpc) is 2.89. The SMILES string of the molecule is C/C=C(\C=C/C(C)c1nc2c(o1)C/C=C\C(Cl)=CC2)CC#N. The normalized spacial score (nSPS) is 18.1. The minimum atomic E-state index is 0.0605. The van der Waals surface area contributed by atoms with Gasteiger partial charge in [-0.2, -0.15) is 5.26 Å². The quantitative estimate of drug-likeness (QED) is 0.737. The lowest BCUT2D eigenvalue weighted by Crippen LogP contribution is -1.93. The minimum Gasteiger partial charge on any atom is -0.444 e. The van der Waals surface area contributed by atoms with Crippen LogP contribution in [0.3, 0.4) is 0 Å². The van der Waals surface area contributed by atoms with Gasteiger partial charge in [-0.15, -0.1) is 0 Å². The van der Waals surface area contributed by atoms with E-state index >= 15 is 0 Å². The molecular formula is C18H19ClN2O. The molecule has 0 aliphatic heterocycles. The first-order valence-electron chi connectivity index (χ1n) is 7.35. The number of halogens is 1. The molecule has 0 radical (unpaired) electrons. The molecule has 1 aliphatic rings. The number of aromatic nitrogens is 1. The molecule has 1 aromatic heterocycles. The molecule has 1 atom stereocenters. The van der Waals surface area contributed by atoms with Crippen LogP contribution in [0, 0.1) is 11.3 Å². The highest BCUT2D eigenvalue weighted by Gasteiger charge is 2.16. The van der Waals surface area contributed by atoms with Crippen molar-refractivity contribution in [1.82, 2.24) is 4.98 Å². The predicted octanol–water partition coefficient (Wildman–Crippen LogP) is 4.97. The highest BCUT2D eigenvalue weighted by molar-refractivity contribution is 6.31. The third-order valence-electron chi connectivity index (χ3n) is 3.51. The van der Waals surface area contributed by atoms with Crippen LogP contribution in [-0.4, -0.2) is 4.98 Å². The average molecular weight is 315 g/mol. The van der Waals surface area contributed by atoms with Crippen LogP contribution in [0.2, 0.25) is 0 Å².